The Morgan fingerprint density at radius 3 is 2.83 bits per heavy atom. The third-order valence-corrected chi connectivity index (χ3v) is 1.74. The van der Waals surface area contributed by atoms with Crippen LogP contribution in [0, 0.1) is 0 Å². The minimum absolute atomic E-state index is 0.469. The molecular weight excluding hydrogens is 152 g/mol. The van der Waals surface area contributed by atoms with Crippen LogP contribution in [0.15, 0.2) is 30.8 Å². The highest BCUT2D eigenvalue weighted by atomic mass is 16.5. The van der Waals surface area contributed by atoms with Gasteiger partial charge in [-0.2, -0.15) is 4.73 Å². The summed E-state index contributed by atoms with van der Waals surface area (Å²) in [5.41, 5.74) is 1.47. The fourth-order valence-corrected chi connectivity index (χ4v) is 1.16. The molecule has 0 aliphatic heterocycles. The lowest BCUT2D eigenvalue weighted by molar-refractivity contribution is 0.196. The van der Waals surface area contributed by atoms with Gasteiger partial charge in [0.2, 0.25) is 0 Å². The molecule has 60 valence electrons. The van der Waals surface area contributed by atoms with Gasteiger partial charge < -0.3 is 5.21 Å². The summed E-state index contributed by atoms with van der Waals surface area (Å²) in [5.74, 6) is 0.469. The van der Waals surface area contributed by atoms with Crippen molar-refractivity contribution >= 4 is 17.1 Å². The molecule has 0 radical (unpaired) electrons. The van der Waals surface area contributed by atoms with E-state index in [4.69, 9.17) is 0 Å². The number of aromatic nitrogens is 2. The van der Waals surface area contributed by atoms with Crippen LogP contribution in [-0.2, 0) is 0 Å². The molecule has 3 nitrogen and oxygen atoms in total. The molecule has 0 spiro atoms. The number of rotatable bonds is 1. The third kappa shape index (κ3) is 0.797. The van der Waals surface area contributed by atoms with Crippen LogP contribution in [0.4, 0.5) is 0 Å². The molecule has 1 aromatic heterocycles. The molecule has 2 aromatic rings. The van der Waals surface area contributed by atoms with E-state index in [1.54, 1.807) is 6.07 Å². The van der Waals surface area contributed by atoms with E-state index in [0.717, 1.165) is 10.2 Å². The van der Waals surface area contributed by atoms with Gasteiger partial charge in [-0.3, -0.25) is 0 Å². The first kappa shape index (κ1) is 6.91. The van der Waals surface area contributed by atoms with Crippen LogP contribution < -0.4 is 0 Å². The highest BCUT2D eigenvalue weighted by Gasteiger charge is 2.04. The first-order valence-electron chi connectivity index (χ1n) is 3.62. The summed E-state index contributed by atoms with van der Waals surface area (Å²) in [5, 5.41) is 9.47. The molecule has 0 unspecified atom stereocenters. The van der Waals surface area contributed by atoms with E-state index in [1.807, 2.05) is 18.2 Å². The summed E-state index contributed by atoms with van der Waals surface area (Å²) in [6, 6.07) is 7.37. The molecule has 0 amide bonds. The van der Waals surface area contributed by atoms with Crippen LogP contribution in [-0.4, -0.2) is 14.9 Å². The fourth-order valence-electron chi connectivity index (χ4n) is 1.16. The monoisotopic (exact) mass is 160 g/mol. The van der Waals surface area contributed by atoms with Crippen molar-refractivity contribution in [1.82, 2.24) is 9.71 Å². The van der Waals surface area contributed by atoms with Gasteiger partial charge >= 0.3 is 0 Å². The van der Waals surface area contributed by atoms with Crippen molar-refractivity contribution in [1.29, 1.82) is 0 Å². The van der Waals surface area contributed by atoms with Crippen molar-refractivity contribution in [3.05, 3.63) is 36.7 Å². The zero-order valence-corrected chi connectivity index (χ0v) is 6.44. The normalized spacial score (nSPS) is 10.3. The largest absolute Gasteiger partial charge is 0.426 e. The molecule has 1 aromatic carbocycles. The van der Waals surface area contributed by atoms with Crippen LogP contribution >= 0.6 is 0 Å². The van der Waals surface area contributed by atoms with E-state index < -0.39 is 0 Å². The maximum Gasteiger partial charge on any atom is 0.168 e. The quantitative estimate of drug-likeness (QED) is 0.647. The van der Waals surface area contributed by atoms with Crippen LogP contribution in [0.3, 0.4) is 0 Å². The second-order valence-electron chi connectivity index (χ2n) is 2.47. The van der Waals surface area contributed by atoms with Gasteiger partial charge in [-0.25, -0.2) is 4.98 Å². The van der Waals surface area contributed by atoms with Crippen LogP contribution in [0.2, 0.25) is 0 Å². The van der Waals surface area contributed by atoms with E-state index in [0.29, 0.717) is 11.3 Å². The van der Waals surface area contributed by atoms with E-state index in [9.17, 15) is 5.21 Å². The number of nitrogens with zero attached hydrogens (tertiary/aromatic N) is 2. The van der Waals surface area contributed by atoms with Gasteiger partial charge in [0.05, 0.1) is 5.52 Å². The smallest absolute Gasteiger partial charge is 0.168 e. The van der Waals surface area contributed by atoms with Crippen molar-refractivity contribution in [2.75, 3.05) is 0 Å². The van der Waals surface area contributed by atoms with Crippen LogP contribution in [0.25, 0.3) is 17.1 Å². The Bertz CT molecular complexity index is 431. The number of hydrogen-bond donors (Lipinski definition) is 1. The number of hydrogen-bond acceptors (Lipinski definition) is 2. The topological polar surface area (TPSA) is 38.0 Å². The Morgan fingerprint density at radius 2 is 2.17 bits per heavy atom. The average Bonchev–Trinajstić information content (AvgIpc) is 2.44. The maximum atomic E-state index is 9.47. The average molecular weight is 160 g/mol. The van der Waals surface area contributed by atoms with Crippen LogP contribution in [0.5, 0.6) is 0 Å². The molecule has 1 N–H and O–H groups in total. The van der Waals surface area contributed by atoms with E-state index in [2.05, 4.69) is 11.6 Å². The highest BCUT2D eigenvalue weighted by molar-refractivity contribution is 5.77. The number of benzene rings is 1. The van der Waals surface area contributed by atoms with Gasteiger partial charge in [0.1, 0.15) is 5.52 Å². The Hall–Kier alpha value is -1.77. The van der Waals surface area contributed by atoms with Gasteiger partial charge in [0.15, 0.2) is 5.82 Å². The maximum absolute atomic E-state index is 9.47. The lowest BCUT2D eigenvalue weighted by Crippen LogP contribution is -1.91. The molecule has 0 saturated heterocycles. The van der Waals surface area contributed by atoms with Crippen molar-refractivity contribution < 1.29 is 5.21 Å². The molecule has 0 bridgehead atoms. The van der Waals surface area contributed by atoms with Crippen molar-refractivity contribution in [3.8, 4) is 0 Å². The predicted octanol–water partition coefficient (Wildman–Crippen LogP) is 1.92. The summed E-state index contributed by atoms with van der Waals surface area (Å²) < 4.78 is 1.03. The lowest BCUT2D eigenvalue weighted by atomic mass is 10.3. The Labute approximate surface area is 69.5 Å². The molecule has 0 atom stereocenters. The van der Waals surface area contributed by atoms with Gasteiger partial charge in [-0.15, -0.1) is 0 Å². The van der Waals surface area contributed by atoms with Gasteiger partial charge in [0.25, 0.3) is 0 Å². The molecule has 2 rings (SSSR count). The fraction of sp³-hybridized carbons (Fsp3) is 0. The summed E-state index contributed by atoms with van der Waals surface area (Å²) in [7, 11) is 0. The van der Waals surface area contributed by atoms with Crippen molar-refractivity contribution in [2.24, 2.45) is 0 Å². The van der Waals surface area contributed by atoms with Crippen LogP contribution in [0.1, 0.15) is 5.82 Å². The Balaban J connectivity index is 2.87. The Morgan fingerprint density at radius 1 is 1.42 bits per heavy atom. The molecule has 0 saturated carbocycles. The number of fused-ring (bicyclic) bond motifs is 1. The zero-order valence-electron chi connectivity index (χ0n) is 6.44. The SMILES string of the molecule is C=Cc1nc2ccccc2n1O. The van der Waals surface area contributed by atoms with Gasteiger partial charge in [-0.1, -0.05) is 18.7 Å². The molecule has 1 heterocycles. The van der Waals surface area contributed by atoms with Crippen molar-refractivity contribution in [2.45, 2.75) is 0 Å². The number of imidazole rings is 1. The minimum atomic E-state index is 0.469. The molecule has 3 heteroatoms. The van der Waals surface area contributed by atoms with E-state index >= 15 is 0 Å². The first-order valence-corrected chi connectivity index (χ1v) is 3.62. The lowest BCUT2D eigenvalue weighted by Gasteiger charge is -1.92. The van der Waals surface area contributed by atoms with E-state index in [-0.39, 0.29) is 0 Å². The molecule has 0 aliphatic rings. The molecule has 0 aliphatic carbocycles. The third-order valence-electron chi connectivity index (χ3n) is 1.74. The summed E-state index contributed by atoms with van der Waals surface area (Å²) in [6.45, 7) is 3.54. The summed E-state index contributed by atoms with van der Waals surface area (Å²) in [6.07, 6.45) is 1.51. The zero-order chi connectivity index (χ0) is 8.55. The molecule has 12 heavy (non-hydrogen) atoms. The summed E-state index contributed by atoms with van der Waals surface area (Å²) >= 11 is 0. The summed E-state index contributed by atoms with van der Waals surface area (Å²) in [4.78, 5) is 4.13. The predicted molar refractivity (Wildman–Crippen MR) is 47.0 cm³/mol. The second-order valence-corrected chi connectivity index (χ2v) is 2.47. The number of para-hydroxylation sites is 2. The van der Waals surface area contributed by atoms with Crippen molar-refractivity contribution in [3.63, 3.8) is 0 Å². The second kappa shape index (κ2) is 2.37. The highest BCUT2D eigenvalue weighted by Crippen LogP contribution is 2.13. The molecule has 0 fully saturated rings. The van der Waals surface area contributed by atoms with E-state index in [1.165, 1.54) is 6.08 Å². The Kier molecular flexibility index (Phi) is 1.37. The molecular formula is C9H8N2O. The van der Waals surface area contributed by atoms with Gasteiger partial charge in [0, 0.05) is 0 Å². The first-order chi connectivity index (χ1) is 5.83. The van der Waals surface area contributed by atoms with Gasteiger partial charge in [-0.05, 0) is 18.2 Å². The standard InChI is InChI=1S/C9H8N2O/c1-2-9-10-7-5-3-4-6-8(7)11(9)12/h2-6,12H,1H2. The minimum Gasteiger partial charge on any atom is -0.426 e.